The zero-order valence-corrected chi connectivity index (χ0v) is 9.07. The summed E-state index contributed by atoms with van der Waals surface area (Å²) in [6, 6.07) is 0. The number of aryl methyl sites for hydroxylation is 1. The largest absolute Gasteiger partial charge is 0.348 e. The molecule has 0 aliphatic heterocycles. The highest BCUT2D eigenvalue weighted by Crippen LogP contribution is 2.29. The third kappa shape index (κ3) is 2.81. The lowest BCUT2D eigenvalue weighted by molar-refractivity contribution is -0.118. The number of aromatic amines is 1. The van der Waals surface area contributed by atoms with Crippen molar-refractivity contribution in [2.45, 2.75) is 26.2 Å². The standard InChI is InChI=1S/C11H17N3O/c1-9-11(13-7-12-9)4-5-14(8-15)6-10-2-3-10/h7-8,10H,2-6H2,1H3,(H,12,13). The zero-order valence-electron chi connectivity index (χ0n) is 9.07. The lowest BCUT2D eigenvalue weighted by Gasteiger charge is -2.16. The number of aromatic nitrogens is 2. The van der Waals surface area contributed by atoms with Crippen molar-refractivity contribution in [2.24, 2.45) is 5.92 Å². The summed E-state index contributed by atoms with van der Waals surface area (Å²) in [5.74, 6) is 0.760. The van der Waals surface area contributed by atoms with Crippen molar-refractivity contribution < 1.29 is 4.79 Å². The van der Waals surface area contributed by atoms with E-state index in [1.54, 1.807) is 6.33 Å². The monoisotopic (exact) mass is 207 g/mol. The second-order valence-electron chi connectivity index (χ2n) is 4.27. The summed E-state index contributed by atoms with van der Waals surface area (Å²) >= 11 is 0. The van der Waals surface area contributed by atoms with E-state index >= 15 is 0 Å². The van der Waals surface area contributed by atoms with Crippen molar-refractivity contribution in [2.75, 3.05) is 13.1 Å². The first kappa shape index (κ1) is 10.2. The van der Waals surface area contributed by atoms with Gasteiger partial charge in [0.05, 0.1) is 12.0 Å². The van der Waals surface area contributed by atoms with Crippen LogP contribution in [0.25, 0.3) is 0 Å². The number of imidazole rings is 1. The molecule has 82 valence electrons. The second-order valence-corrected chi connectivity index (χ2v) is 4.27. The van der Waals surface area contributed by atoms with E-state index in [-0.39, 0.29) is 0 Å². The molecule has 0 aromatic carbocycles. The molecule has 1 N–H and O–H groups in total. The van der Waals surface area contributed by atoms with Gasteiger partial charge in [0.2, 0.25) is 6.41 Å². The number of carbonyl (C=O) groups excluding carboxylic acids is 1. The highest BCUT2D eigenvalue weighted by Gasteiger charge is 2.23. The van der Waals surface area contributed by atoms with E-state index in [0.717, 1.165) is 43.2 Å². The summed E-state index contributed by atoms with van der Waals surface area (Å²) in [5.41, 5.74) is 2.17. The molecule has 1 heterocycles. The SMILES string of the molecule is Cc1[nH]cnc1CCN(C=O)CC1CC1. The Morgan fingerprint density at radius 1 is 1.67 bits per heavy atom. The molecule has 4 nitrogen and oxygen atoms in total. The van der Waals surface area contributed by atoms with Gasteiger partial charge in [0.1, 0.15) is 0 Å². The maximum absolute atomic E-state index is 10.8. The Balaban J connectivity index is 1.79. The van der Waals surface area contributed by atoms with Gasteiger partial charge < -0.3 is 9.88 Å². The quantitative estimate of drug-likeness (QED) is 0.711. The molecule has 0 spiro atoms. The van der Waals surface area contributed by atoms with Gasteiger partial charge in [-0.1, -0.05) is 0 Å². The molecule has 1 aromatic rings. The molecule has 1 amide bonds. The van der Waals surface area contributed by atoms with E-state index in [1.807, 2.05) is 11.8 Å². The Morgan fingerprint density at radius 3 is 3.00 bits per heavy atom. The minimum absolute atomic E-state index is 0.760. The smallest absolute Gasteiger partial charge is 0.209 e. The van der Waals surface area contributed by atoms with E-state index in [2.05, 4.69) is 9.97 Å². The molecule has 2 rings (SSSR count). The summed E-state index contributed by atoms with van der Waals surface area (Å²) in [6.45, 7) is 3.72. The van der Waals surface area contributed by atoms with Gasteiger partial charge in [-0.25, -0.2) is 4.98 Å². The maximum Gasteiger partial charge on any atom is 0.209 e. The molecule has 0 radical (unpaired) electrons. The Hall–Kier alpha value is -1.32. The minimum Gasteiger partial charge on any atom is -0.348 e. The van der Waals surface area contributed by atoms with Crippen molar-refractivity contribution in [1.82, 2.24) is 14.9 Å². The van der Waals surface area contributed by atoms with Crippen LogP contribution in [0.4, 0.5) is 0 Å². The summed E-state index contributed by atoms with van der Waals surface area (Å²) in [4.78, 5) is 19.9. The van der Waals surface area contributed by atoms with Crippen LogP contribution in [0, 0.1) is 12.8 Å². The van der Waals surface area contributed by atoms with E-state index in [1.165, 1.54) is 12.8 Å². The predicted molar refractivity (Wildman–Crippen MR) is 57.4 cm³/mol. The fraction of sp³-hybridized carbons (Fsp3) is 0.636. The Bertz CT molecular complexity index is 330. The Morgan fingerprint density at radius 2 is 2.47 bits per heavy atom. The average Bonchev–Trinajstić information content (AvgIpc) is 2.96. The molecule has 0 saturated heterocycles. The number of hydrogen-bond donors (Lipinski definition) is 1. The number of H-pyrrole nitrogens is 1. The van der Waals surface area contributed by atoms with Gasteiger partial charge in [-0.15, -0.1) is 0 Å². The van der Waals surface area contributed by atoms with Crippen molar-refractivity contribution in [3.05, 3.63) is 17.7 Å². The topological polar surface area (TPSA) is 49.0 Å². The Kier molecular flexibility index (Phi) is 3.04. The van der Waals surface area contributed by atoms with Crippen LogP contribution in [0.15, 0.2) is 6.33 Å². The molecule has 1 aromatic heterocycles. The van der Waals surface area contributed by atoms with Crippen LogP contribution in [-0.4, -0.2) is 34.4 Å². The molecule has 0 unspecified atom stereocenters. The van der Waals surface area contributed by atoms with Crippen molar-refractivity contribution in [3.8, 4) is 0 Å². The fourth-order valence-electron chi connectivity index (χ4n) is 1.71. The summed E-state index contributed by atoms with van der Waals surface area (Å²) < 4.78 is 0. The fourth-order valence-corrected chi connectivity index (χ4v) is 1.71. The minimum atomic E-state index is 0.760. The third-order valence-electron chi connectivity index (χ3n) is 2.91. The van der Waals surface area contributed by atoms with Crippen LogP contribution in [-0.2, 0) is 11.2 Å². The normalized spacial score (nSPS) is 15.3. The van der Waals surface area contributed by atoms with Gasteiger partial charge >= 0.3 is 0 Å². The summed E-state index contributed by atoms with van der Waals surface area (Å²) in [5, 5.41) is 0. The van der Waals surface area contributed by atoms with Crippen molar-refractivity contribution >= 4 is 6.41 Å². The first-order chi connectivity index (χ1) is 7.29. The maximum atomic E-state index is 10.8. The van der Waals surface area contributed by atoms with Crippen molar-refractivity contribution in [3.63, 3.8) is 0 Å². The number of amides is 1. The number of hydrogen-bond acceptors (Lipinski definition) is 2. The van der Waals surface area contributed by atoms with Gasteiger partial charge in [-0.3, -0.25) is 4.79 Å². The first-order valence-corrected chi connectivity index (χ1v) is 5.48. The molecule has 0 bridgehead atoms. The number of nitrogens with one attached hydrogen (secondary N) is 1. The molecular weight excluding hydrogens is 190 g/mol. The van der Waals surface area contributed by atoms with Crippen LogP contribution in [0.3, 0.4) is 0 Å². The van der Waals surface area contributed by atoms with Gasteiger partial charge in [0.25, 0.3) is 0 Å². The molecule has 0 atom stereocenters. The average molecular weight is 207 g/mol. The van der Waals surface area contributed by atoms with Gasteiger partial charge in [-0.2, -0.15) is 0 Å². The van der Waals surface area contributed by atoms with Crippen LogP contribution in [0.5, 0.6) is 0 Å². The van der Waals surface area contributed by atoms with Crippen molar-refractivity contribution in [1.29, 1.82) is 0 Å². The molecule has 4 heteroatoms. The third-order valence-corrected chi connectivity index (χ3v) is 2.91. The van der Waals surface area contributed by atoms with Crippen LogP contribution in [0.1, 0.15) is 24.2 Å². The van der Waals surface area contributed by atoms with Gasteiger partial charge in [0.15, 0.2) is 0 Å². The molecule has 1 saturated carbocycles. The predicted octanol–water partition coefficient (Wildman–Crippen LogP) is 1.13. The van der Waals surface area contributed by atoms with E-state index < -0.39 is 0 Å². The molecule has 1 aliphatic carbocycles. The van der Waals surface area contributed by atoms with E-state index in [4.69, 9.17) is 0 Å². The second kappa shape index (κ2) is 4.47. The molecule has 1 fully saturated rings. The lowest BCUT2D eigenvalue weighted by atomic mass is 10.2. The van der Waals surface area contributed by atoms with Gasteiger partial charge in [-0.05, 0) is 25.7 Å². The molecular formula is C11H17N3O. The van der Waals surface area contributed by atoms with Gasteiger partial charge in [0, 0.05) is 25.2 Å². The molecule has 15 heavy (non-hydrogen) atoms. The molecule has 1 aliphatic rings. The highest BCUT2D eigenvalue weighted by molar-refractivity contribution is 5.47. The van der Waals surface area contributed by atoms with E-state index in [0.29, 0.717) is 0 Å². The zero-order chi connectivity index (χ0) is 10.7. The lowest BCUT2D eigenvalue weighted by Crippen LogP contribution is -2.27. The summed E-state index contributed by atoms with van der Waals surface area (Å²) in [7, 11) is 0. The highest BCUT2D eigenvalue weighted by atomic mass is 16.1. The Labute approximate surface area is 89.7 Å². The number of carbonyl (C=O) groups is 1. The van der Waals surface area contributed by atoms with E-state index in [9.17, 15) is 4.79 Å². The van der Waals surface area contributed by atoms with Crippen LogP contribution < -0.4 is 0 Å². The first-order valence-electron chi connectivity index (χ1n) is 5.48. The number of nitrogens with zero attached hydrogens (tertiary/aromatic N) is 2. The summed E-state index contributed by atoms with van der Waals surface area (Å²) in [6.07, 6.45) is 6.08. The van der Waals surface area contributed by atoms with Crippen LogP contribution >= 0.6 is 0 Å². The number of rotatable bonds is 6. The van der Waals surface area contributed by atoms with Crippen LogP contribution in [0.2, 0.25) is 0 Å².